The number of sulfonamides is 1. The van der Waals surface area contributed by atoms with Crippen molar-refractivity contribution >= 4 is 50.7 Å². The van der Waals surface area contributed by atoms with Gasteiger partial charge in [0, 0.05) is 36.1 Å². The van der Waals surface area contributed by atoms with Crippen LogP contribution in [-0.2, 0) is 26.2 Å². The Morgan fingerprint density at radius 3 is 2.09 bits per heavy atom. The number of halogens is 2. The minimum absolute atomic E-state index is 0.0831. The van der Waals surface area contributed by atoms with Gasteiger partial charge in [-0.1, -0.05) is 48.7 Å². The number of carbonyl (C=O) groups is 2. The molecule has 1 unspecified atom stereocenters. The third kappa shape index (κ3) is 9.35. The molecule has 0 aliphatic rings. The van der Waals surface area contributed by atoms with E-state index in [1.807, 2.05) is 19.1 Å². The van der Waals surface area contributed by atoms with Gasteiger partial charge in [-0.2, -0.15) is 0 Å². The maximum atomic E-state index is 13.2. The molecule has 192 valence electrons. The Hall–Kier alpha value is -2.29. The Labute approximate surface area is 218 Å². The number of nitrogens with one attached hydrogen (secondary N) is 1. The molecule has 0 saturated heterocycles. The van der Waals surface area contributed by atoms with Gasteiger partial charge in [-0.3, -0.25) is 13.9 Å². The van der Waals surface area contributed by atoms with E-state index in [4.69, 9.17) is 23.2 Å². The Balaban J connectivity index is 2.12. The van der Waals surface area contributed by atoms with Gasteiger partial charge in [0.25, 0.3) is 0 Å². The zero-order chi connectivity index (χ0) is 26.0. The summed E-state index contributed by atoms with van der Waals surface area (Å²) in [4.78, 5) is 27.5. The Morgan fingerprint density at radius 1 is 0.971 bits per heavy atom. The molecule has 2 aromatic carbocycles. The lowest BCUT2D eigenvalue weighted by Crippen LogP contribution is -2.47. The zero-order valence-electron chi connectivity index (χ0n) is 20.3. The van der Waals surface area contributed by atoms with Gasteiger partial charge in [0.2, 0.25) is 21.8 Å². The molecule has 0 fully saturated rings. The van der Waals surface area contributed by atoms with Crippen molar-refractivity contribution in [3.63, 3.8) is 0 Å². The molecular formula is C25H33Cl2N3O4S. The fraction of sp³-hybridized carbons (Fsp3) is 0.440. The average Bonchev–Trinajstić information content (AvgIpc) is 2.81. The van der Waals surface area contributed by atoms with Crippen LogP contribution in [0.25, 0.3) is 0 Å². The van der Waals surface area contributed by atoms with E-state index < -0.39 is 16.1 Å². The smallest absolute Gasteiger partial charge is 0.242 e. The maximum absolute atomic E-state index is 13.2. The molecule has 0 radical (unpaired) electrons. The Morgan fingerprint density at radius 2 is 1.54 bits per heavy atom. The SMILES string of the molecule is CCCCNC(=O)C(C)N(Cc1ccc(Cl)cc1)C(=O)CCCN(c1ccc(Cl)cc1)S(C)(=O)=O. The van der Waals surface area contributed by atoms with E-state index >= 15 is 0 Å². The molecule has 10 heteroatoms. The van der Waals surface area contributed by atoms with Gasteiger partial charge in [0.05, 0.1) is 11.9 Å². The molecule has 0 aliphatic carbocycles. The first kappa shape index (κ1) is 28.9. The normalized spacial score (nSPS) is 12.1. The fourth-order valence-electron chi connectivity index (χ4n) is 3.52. The summed E-state index contributed by atoms with van der Waals surface area (Å²) in [5.41, 5.74) is 1.32. The summed E-state index contributed by atoms with van der Waals surface area (Å²) < 4.78 is 26.0. The molecule has 2 amide bonds. The van der Waals surface area contributed by atoms with Gasteiger partial charge < -0.3 is 10.2 Å². The highest BCUT2D eigenvalue weighted by atomic mass is 35.5. The van der Waals surface area contributed by atoms with Crippen molar-refractivity contribution in [2.45, 2.75) is 52.1 Å². The second-order valence-electron chi connectivity index (χ2n) is 8.38. The van der Waals surface area contributed by atoms with E-state index in [0.717, 1.165) is 24.7 Å². The molecule has 0 aliphatic heterocycles. The quantitative estimate of drug-likeness (QED) is 0.366. The zero-order valence-corrected chi connectivity index (χ0v) is 22.7. The predicted octanol–water partition coefficient (Wildman–Crippen LogP) is 4.87. The fourth-order valence-corrected chi connectivity index (χ4v) is 4.73. The van der Waals surface area contributed by atoms with Gasteiger partial charge in [0.1, 0.15) is 6.04 Å². The first-order valence-corrected chi connectivity index (χ1v) is 14.2. The molecule has 0 spiro atoms. The predicted molar refractivity (Wildman–Crippen MR) is 142 cm³/mol. The number of hydrogen-bond donors (Lipinski definition) is 1. The topological polar surface area (TPSA) is 86.8 Å². The summed E-state index contributed by atoms with van der Waals surface area (Å²) in [7, 11) is -3.56. The Bertz CT molecular complexity index is 1080. The van der Waals surface area contributed by atoms with Crippen molar-refractivity contribution < 1.29 is 18.0 Å². The van der Waals surface area contributed by atoms with E-state index in [0.29, 0.717) is 22.3 Å². The van der Waals surface area contributed by atoms with Gasteiger partial charge in [-0.15, -0.1) is 0 Å². The van der Waals surface area contributed by atoms with Crippen LogP contribution < -0.4 is 9.62 Å². The molecule has 0 heterocycles. The number of anilines is 1. The summed E-state index contributed by atoms with van der Waals surface area (Å²) >= 11 is 11.9. The molecule has 0 aromatic heterocycles. The van der Waals surface area contributed by atoms with Crippen molar-refractivity contribution in [2.75, 3.05) is 23.7 Å². The van der Waals surface area contributed by atoms with Crippen LogP contribution in [0.2, 0.25) is 10.0 Å². The van der Waals surface area contributed by atoms with E-state index in [2.05, 4.69) is 5.32 Å². The van der Waals surface area contributed by atoms with E-state index in [1.54, 1.807) is 43.3 Å². The number of rotatable bonds is 13. The molecule has 2 rings (SSSR count). The molecule has 7 nitrogen and oxygen atoms in total. The van der Waals surface area contributed by atoms with Crippen LogP contribution in [0.3, 0.4) is 0 Å². The van der Waals surface area contributed by atoms with Gasteiger partial charge >= 0.3 is 0 Å². The van der Waals surface area contributed by atoms with E-state index in [1.165, 1.54) is 9.21 Å². The molecule has 35 heavy (non-hydrogen) atoms. The maximum Gasteiger partial charge on any atom is 0.242 e. The number of benzene rings is 2. The number of unbranched alkanes of at least 4 members (excludes halogenated alkanes) is 1. The molecule has 1 N–H and O–H groups in total. The largest absolute Gasteiger partial charge is 0.354 e. The summed E-state index contributed by atoms with van der Waals surface area (Å²) in [6, 6.07) is 12.9. The van der Waals surface area contributed by atoms with E-state index in [9.17, 15) is 18.0 Å². The van der Waals surface area contributed by atoms with Crippen LogP contribution in [0, 0.1) is 0 Å². The third-order valence-corrected chi connectivity index (χ3v) is 7.23. The van der Waals surface area contributed by atoms with Crippen LogP contribution in [0.5, 0.6) is 0 Å². The number of nitrogens with zero attached hydrogens (tertiary/aromatic N) is 2. The number of carbonyl (C=O) groups excluding carboxylic acids is 2. The standard InChI is InChI=1S/C25H33Cl2N3O4S/c1-4-5-16-28-25(32)19(2)29(18-20-8-10-21(26)11-9-20)24(31)7-6-17-30(35(3,33)34)23-14-12-22(27)13-15-23/h8-15,19H,4-7,16-18H2,1-3H3,(H,28,32). The number of hydrogen-bond acceptors (Lipinski definition) is 4. The average molecular weight is 543 g/mol. The van der Waals surface area contributed by atoms with Gasteiger partial charge in [0.15, 0.2) is 0 Å². The monoisotopic (exact) mass is 541 g/mol. The van der Waals surface area contributed by atoms with Crippen molar-refractivity contribution in [1.29, 1.82) is 0 Å². The van der Waals surface area contributed by atoms with Crippen molar-refractivity contribution in [3.8, 4) is 0 Å². The van der Waals surface area contributed by atoms with Crippen LogP contribution in [0.15, 0.2) is 48.5 Å². The highest BCUT2D eigenvalue weighted by molar-refractivity contribution is 7.92. The van der Waals surface area contributed by atoms with Gasteiger partial charge in [-0.25, -0.2) is 8.42 Å². The first-order valence-electron chi connectivity index (χ1n) is 11.6. The highest BCUT2D eigenvalue weighted by Gasteiger charge is 2.26. The summed E-state index contributed by atoms with van der Waals surface area (Å²) in [5, 5.41) is 3.97. The molecular weight excluding hydrogens is 509 g/mol. The third-order valence-electron chi connectivity index (χ3n) is 5.53. The lowest BCUT2D eigenvalue weighted by Gasteiger charge is -2.29. The number of amides is 2. The molecule has 0 bridgehead atoms. The second kappa shape index (κ2) is 13.7. The summed E-state index contributed by atoms with van der Waals surface area (Å²) in [6.45, 7) is 4.65. The van der Waals surface area contributed by atoms with Crippen molar-refractivity contribution in [3.05, 3.63) is 64.1 Å². The molecule has 1 atom stereocenters. The second-order valence-corrected chi connectivity index (χ2v) is 11.2. The molecule has 0 saturated carbocycles. The first-order chi connectivity index (χ1) is 16.5. The van der Waals surface area contributed by atoms with Crippen molar-refractivity contribution in [1.82, 2.24) is 10.2 Å². The van der Waals surface area contributed by atoms with Crippen LogP contribution >= 0.6 is 23.2 Å². The lowest BCUT2D eigenvalue weighted by atomic mass is 10.1. The minimum atomic E-state index is -3.56. The highest BCUT2D eigenvalue weighted by Crippen LogP contribution is 2.21. The van der Waals surface area contributed by atoms with Crippen LogP contribution in [0.4, 0.5) is 5.69 Å². The lowest BCUT2D eigenvalue weighted by molar-refractivity contribution is -0.140. The molecule has 2 aromatic rings. The summed E-state index contributed by atoms with van der Waals surface area (Å²) in [6.07, 6.45) is 3.30. The summed E-state index contributed by atoms with van der Waals surface area (Å²) in [5.74, 6) is -0.456. The minimum Gasteiger partial charge on any atom is -0.354 e. The van der Waals surface area contributed by atoms with Crippen LogP contribution in [-0.4, -0.2) is 50.5 Å². The Kier molecular flexibility index (Phi) is 11.3. The van der Waals surface area contributed by atoms with Gasteiger partial charge in [-0.05, 0) is 61.7 Å². The van der Waals surface area contributed by atoms with E-state index in [-0.39, 0.29) is 37.7 Å². The van der Waals surface area contributed by atoms with Crippen LogP contribution in [0.1, 0.15) is 45.1 Å². The van der Waals surface area contributed by atoms with Crippen molar-refractivity contribution in [2.24, 2.45) is 0 Å².